The Hall–Kier alpha value is -1.07. The summed E-state index contributed by atoms with van der Waals surface area (Å²) < 4.78 is 24.3. The van der Waals surface area contributed by atoms with E-state index in [0.29, 0.717) is 6.42 Å². The summed E-state index contributed by atoms with van der Waals surface area (Å²) in [5.74, 6) is -0.422. The Labute approximate surface area is 123 Å². The number of hydrogen-bond acceptors (Lipinski definition) is 3. The summed E-state index contributed by atoms with van der Waals surface area (Å²) in [4.78, 5) is 11.8. The Kier molecular flexibility index (Phi) is 2.77. The fourth-order valence-corrected chi connectivity index (χ4v) is 5.14. The molecule has 1 aromatic rings. The minimum Gasteiger partial charge on any atom is -0.274 e. The van der Waals surface area contributed by atoms with E-state index in [-0.39, 0.29) is 11.8 Å². The normalized spacial score (nSPS) is 28.1. The molecule has 0 saturated carbocycles. The summed E-state index contributed by atoms with van der Waals surface area (Å²) in [5.41, 5.74) is 1.22. The molecule has 108 valence electrons. The molecule has 1 aromatic carbocycles. The van der Waals surface area contributed by atoms with Crippen molar-refractivity contribution in [3.8, 4) is 0 Å². The first-order valence-electron chi connectivity index (χ1n) is 6.56. The largest absolute Gasteiger partial charge is 0.324 e. The van der Waals surface area contributed by atoms with E-state index >= 15 is 0 Å². The molecule has 1 spiro atoms. The number of halogens is 1. The molecule has 1 aliphatic heterocycles. The third kappa shape index (κ3) is 1.72. The molecule has 2 aliphatic rings. The lowest BCUT2D eigenvalue weighted by Crippen LogP contribution is -2.64. The van der Waals surface area contributed by atoms with Gasteiger partial charge in [-0.1, -0.05) is 38.1 Å². The molecule has 3 rings (SSSR count). The fraction of sp³-hybridized carbons (Fsp3) is 0.500. The molecule has 1 amide bonds. The number of carbonyl (C=O) groups is 1. The number of benzene rings is 1. The van der Waals surface area contributed by atoms with Crippen molar-refractivity contribution in [1.82, 2.24) is 4.31 Å². The van der Waals surface area contributed by atoms with Crippen molar-refractivity contribution in [3.63, 3.8) is 0 Å². The van der Waals surface area contributed by atoms with Crippen molar-refractivity contribution in [3.05, 3.63) is 35.4 Å². The lowest BCUT2D eigenvalue weighted by Gasteiger charge is -2.55. The SMILES string of the molecule is CC1(C)CCC2(CC(=O)N2S(=O)(=O)Cl)c2ccccc21. The number of fused-ring (bicyclic) bond motifs is 2. The maximum atomic E-state index is 11.8. The Bertz CT molecular complexity index is 698. The molecule has 1 saturated heterocycles. The van der Waals surface area contributed by atoms with Crippen LogP contribution in [-0.4, -0.2) is 18.6 Å². The number of rotatable bonds is 1. The third-order valence-electron chi connectivity index (χ3n) is 4.60. The fourth-order valence-electron chi connectivity index (χ4n) is 3.53. The van der Waals surface area contributed by atoms with Gasteiger partial charge in [0.2, 0.25) is 5.91 Å². The first-order chi connectivity index (χ1) is 9.18. The van der Waals surface area contributed by atoms with Gasteiger partial charge in [-0.05, 0) is 29.4 Å². The van der Waals surface area contributed by atoms with Gasteiger partial charge in [-0.15, -0.1) is 0 Å². The van der Waals surface area contributed by atoms with Crippen LogP contribution >= 0.6 is 10.7 Å². The molecule has 1 unspecified atom stereocenters. The summed E-state index contributed by atoms with van der Waals surface area (Å²) in [7, 11) is 1.42. The molecule has 1 heterocycles. The minimum atomic E-state index is -4.05. The predicted octanol–water partition coefficient (Wildman–Crippen LogP) is 2.67. The smallest absolute Gasteiger partial charge is 0.274 e. The van der Waals surface area contributed by atoms with Gasteiger partial charge in [-0.2, -0.15) is 8.42 Å². The highest BCUT2D eigenvalue weighted by Gasteiger charge is 2.60. The van der Waals surface area contributed by atoms with E-state index in [4.69, 9.17) is 10.7 Å². The summed E-state index contributed by atoms with van der Waals surface area (Å²) in [6, 6.07) is 7.75. The molecule has 0 radical (unpaired) electrons. The highest BCUT2D eigenvalue weighted by atomic mass is 35.7. The quantitative estimate of drug-likeness (QED) is 0.591. The Morgan fingerprint density at radius 2 is 1.75 bits per heavy atom. The highest BCUT2D eigenvalue weighted by molar-refractivity contribution is 8.12. The van der Waals surface area contributed by atoms with Crippen molar-refractivity contribution < 1.29 is 13.2 Å². The second kappa shape index (κ2) is 3.98. The topological polar surface area (TPSA) is 54.5 Å². The van der Waals surface area contributed by atoms with Crippen molar-refractivity contribution in [2.24, 2.45) is 0 Å². The van der Waals surface area contributed by atoms with E-state index in [9.17, 15) is 13.2 Å². The van der Waals surface area contributed by atoms with Crippen LogP contribution in [0, 0.1) is 0 Å². The average molecular weight is 314 g/mol. The van der Waals surface area contributed by atoms with Crippen LogP contribution < -0.4 is 0 Å². The van der Waals surface area contributed by atoms with E-state index in [1.54, 1.807) is 0 Å². The van der Waals surface area contributed by atoms with Crippen LogP contribution in [0.4, 0.5) is 0 Å². The van der Waals surface area contributed by atoms with Crippen LogP contribution in [0.15, 0.2) is 24.3 Å². The van der Waals surface area contributed by atoms with Gasteiger partial charge in [-0.3, -0.25) is 4.79 Å². The molecule has 20 heavy (non-hydrogen) atoms. The van der Waals surface area contributed by atoms with Crippen molar-refractivity contribution in [2.45, 2.75) is 44.1 Å². The zero-order valence-electron chi connectivity index (χ0n) is 11.4. The molecule has 0 bridgehead atoms. The van der Waals surface area contributed by atoms with Crippen LogP contribution in [0.3, 0.4) is 0 Å². The molecular formula is C14H16ClNO3S. The minimum absolute atomic E-state index is 0.0256. The van der Waals surface area contributed by atoms with Gasteiger partial charge in [0.05, 0.1) is 12.0 Å². The van der Waals surface area contributed by atoms with Gasteiger partial charge in [-0.25, -0.2) is 4.31 Å². The van der Waals surface area contributed by atoms with Gasteiger partial charge >= 0.3 is 9.24 Å². The van der Waals surface area contributed by atoms with Crippen LogP contribution in [-0.2, 0) is 25.0 Å². The van der Waals surface area contributed by atoms with Gasteiger partial charge in [0.15, 0.2) is 0 Å². The summed E-state index contributed by atoms with van der Waals surface area (Å²) in [6.07, 6.45) is 1.65. The third-order valence-corrected chi connectivity index (χ3v) is 6.00. The van der Waals surface area contributed by atoms with E-state index in [0.717, 1.165) is 21.9 Å². The average Bonchev–Trinajstić information content (AvgIpc) is 2.30. The second-order valence-corrected chi connectivity index (χ2v) is 8.60. The molecule has 6 heteroatoms. The maximum absolute atomic E-state index is 11.8. The molecule has 1 atom stereocenters. The number of amides is 1. The van der Waals surface area contributed by atoms with Gasteiger partial charge in [0.25, 0.3) is 0 Å². The van der Waals surface area contributed by atoms with Crippen molar-refractivity contribution in [1.29, 1.82) is 0 Å². The summed E-state index contributed by atoms with van der Waals surface area (Å²) in [5, 5.41) is 0. The zero-order chi connectivity index (χ0) is 14.8. The predicted molar refractivity (Wildman–Crippen MR) is 76.6 cm³/mol. The lowest BCUT2D eigenvalue weighted by atomic mass is 9.62. The zero-order valence-corrected chi connectivity index (χ0v) is 13.0. The van der Waals surface area contributed by atoms with Crippen LogP contribution in [0.2, 0.25) is 0 Å². The molecule has 1 aliphatic carbocycles. The number of β-lactam (4-membered cyclic amide) rings is 1. The Balaban J connectivity index is 2.21. The van der Waals surface area contributed by atoms with Crippen molar-refractivity contribution >= 4 is 25.8 Å². The molecule has 0 aromatic heterocycles. The number of carbonyl (C=O) groups excluding carboxylic acids is 1. The molecule has 4 nitrogen and oxygen atoms in total. The van der Waals surface area contributed by atoms with Gasteiger partial charge in [0.1, 0.15) is 0 Å². The number of hydrogen-bond donors (Lipinski definition) is 0. The van der Waals surface area contributed by atoms with Gasteiger partial charge in [0, 0.05) is 10.7 Å². The standard InChI is InChI=1S/C14H16ClNO3S/c1-13(2)7-8-14(11-6-4-3-5-10(11)13)9-12(17)16(14)20(15,18)19/h3-6H,7-9H2,1-2H3. The van der Waals surface area contributed by atoms with Gasteiger partial charge < -0.3 is 0 Å². The van der Waals surface area contributed by atoms with Crippen LogP contribution in [0.1, 0.15) is 44.2 Å². The number of nitrogens with zero attached hydrogens (tertiary/aromatic N) is 1. The van der Waals surface area contributed by atoms with E-state index in [2.05, 4.69) is 13.8 Å². The molecule has 1 fully saturated rings. The summed E-state index contributed by atoms with van der Waals surface area (Å²) in [6.45, 7) is 4.28. The lowest BCUT2D eigenvalue weighted by molar-refractivity contribution is -0.147. The molecule has 0 N–H and O–H groups in total. The Morgan fingerprint density at radius 3 is 2.30 bits per heavy atom. The van der Waals surface area contributed by atoms with E-state index in [1.165, 1.54) is 0 Å². The first-order valence-corrected chi connectivity index (χ1v) is 8.83. The monoisotopic (exact) mass is 313 g/mol. The van der Waals surface area contributed by atoms with Crippen LogP contribution in [0.25, 0.3) is 0 Å². The highest BCUT2D eigenvalue weighted by Crippen LogP contribution is 2.55. The van der Waals surface area contributed by atoms with Crippen LogP contribution in [0.5, 0.6) is 0 Å². The second-order valence-electron chi connectivity index (χ2n) is 6.24. The van der Waals surface area contributed by atoms with E-state index in [1.807, 2.05) is 24.3 Å². The summed E-state index contributed by atoms with van der Waals surface area (Å²) >= 11 is 0. The molecular weight excluding hydrogens is 298 g/mol. The first kappa shape index (κ1) is 13.9. The maximum Gasteiger partial charge on any atom is 0.324 e. The van der Waals surface area contributed by atoms with Crippen molar-refractivity contribution in [2.75, 3.05) is 0 Å². The Morgan fingerprint density at radius 1 is 1.15 bits per heavy atom. The van der Waals surface area contributed by atoms with E-state index < -0.39 is 20.7 Å².